The van der Waals surface area contributed by atoms with Gasteiger partial charge in [0, 0.05) is 16.2 Å². The van der Waals surface area contributed by atoms with E-state index in [0.29, 0.717) is 0 Å². The highest BCUT2D eigenvalue weighted by Crippen LogP contribution is 2.35. The first-order valence-corrected chi connectivity index (χ1v) is 8.23. The van der Waals surface area contributed by atoms with E-state index in [9.17, 15) is 4.79 Å². The number of hydrogen-bond acceptors (Lipinski definition) is 2. The van der Waals surface area contributed by atoms with E-state index < -0.39 is 0 Å². The van der Waals surface area contributed by atoms with E-state index in [1.54, 1.807) is 0 Å². The number of amides is 1. The maximum absolute atomic E-state index is 12.5. The number of rotatable bonds is 2. The summed E-state index contributed by atoms with van der Waals surface area (Å²) >= 11 is 1.87. The number of fused-ring (bicyclic) bond motifs is 1. The molecule has 0 aliphatic carbocycles. The van der Waals surface area contributed by atoms with Crippen LogP contribution in [0.4, 0.5) is 0 Å². The molecule has 0 saturated carbocycles. The van der Waals surface area contributed by atoms with Crippen molar-refractivity contribution < 1.29 is 4.79 Å². The molecule has 0 fully saturated rings. The van der Waals surface area contributed by atoms with E-state index in [-0.39, 0.29) is 11.9 Å². The van der Waals surface area contributed by atoms with Gasteiger partial charge in [0.15, 0.2) is 0 Å². The first kappa shape index (κ1) is 14.2. The smallest absolute Gasteiger partial charge is 0.251 e. The second-order valence-electron chi connectivity index (χ2n) is 5.50. The van der Waals surface area contributed by atoms with Crippen molar-refractivity contribution in [1.82, 2.24) is 5.32 Å². The average molecular weight is 297 g/mol. The van der Waals surface area contributed by atoms with Gasteiger partial charge in [0.1, 0.15) is 0 Å². The lowest BCUT2D eigenvalue weighted by Crippen LogP contribution is -2.30. The third-order valence-corrected chi connectivity index (χ3v) is 5.16. The Balaban J connectivity index is 1.81. The van der Waals surface area contributed by atoms with Gasteiger partial charge in [-0.3, -0.25) is 4.79 Å². The molecule has 0 aromatic heterocycles. The molecule has 1 N–H and O–H groups in total. The lowest BCUT2D eigenvalue weighted by molar-refractivity contribution is 0.0935. The Kier molecular flexibility index (Phi) is 4.02. The topological polar surface area (TPSA) is 29.1 Å². The van der Waals surface area contributed by atoms with E-state index in [2.05, 4.69) is 30.4 Å². The highest BCUT2D eigenvalue weighted by Gasteiger charge is 2.22. The molecule has 1 amide bonds. The standard InChI is InChI=1S/C18H19NOS/c1-12-7-8-14(11-13(12)2)18(20)19-16-9-10-21-17-6-4-3-5-15(16)17/h3-8,11,16H,9-10H2,1-2H3,(H,19,20). The Hall–Kier alpha value is -1.74. The number of benzene rings is 2. The van der Waals surface area contributed by atoms with Gasteiger partial charge >= 0.3 is 0 Å². The molecule has 1 unspecified atom stereocenters. The Morgan fingerprint density at radius 2 is 1.95 bits per heavy atom. The van der Waals surface area contributed by atoms with Crippen LogP contribution in [-0.4, -0.2) is 11.7 Å². The van der Waals surface area contributed by atoms with Crippen molar-refractivity contribution in [3.05, 3.63) is 64.7 Å². The first-order valence-electron chi connectivity index (χ1n) is 7.25. The number of carbonyl (C=O) groups is 1. The fourth-order valence-corrected chi connectivity index (χ4v) is 3.74. The Morgan fingerprint density at radius 1 is 1.14 bits per heavy atom. The molecule has 1 aliphatic rings. The molecule has 1 aliphatic heterocycles. The molecule has 2 aromatic carbocycles. The van der Waals surface area contributed by atoms with Crippen molar-refractivity contribution in [2.24, 2.45) is 0 Å². The highest BCUT2D eigenvalue weighted by molar-refractivity contribution is 7.99. The molecule has 0 saturated heterocycles. The van der Waals surface area contributed by atoms with E-state index in [1.807, 2.05) is 43.0 Å². The molecule has 21 heavy (non-hydrogen) atoms. The molecule has 1 heterocycles. The predicted molar refractivity (Wildman–Crippen MR) is 87.9 cm³/mol. The zero-order valence-electron chi connectivity index (χ0n) is 12.3. The van der Waals surface area contributed by atoms with Crippen molar-refractivity contribution in [3.8, 4) is 0 Å². The van der Waals surface area contributed by atoms with Crippen LogP contribution in [0.5, 0.6) is 0 Å². The molecular formula is C18H19NOS. The van der Waals surface area contributed by atoms with Crippen LogP contribution in [0, 0.1) is 13.8 Å². The van der Waals surface area contributed by atoms with Gasteiger partial charge in [-0.25, -0.2) is 0 Å². The van der Waals surface area contributed by atoms with E-state index in [1.165, 1.54) is 16.0 Å². The van der Waals surface area contributed by atoms with Crippen molar-refractivity contribution in [2.75, 3.05) is 5.75 Å². The summed E-state index contributed by atoms with van der Waals surface area (Å²) in [6.07, 6.45) is 0.984. The summed E-state index contributed by atoms with van der Waals surface area (Å²) in [6.45, 7) is 4.10. The summed E-state index contributed by atoms with van der Waals surface area (Å²) in [6, 6.07) is 14.3. The Labute approximate surface area is 130 Å². The van der Waals surface area contributed by atoms with Crippen molar-refractivity contribution in [2.45, 2.75) is 31.2 Å². The van der Waals surface area contributed by atoms with Crippen molar-refractivity contribution in [3.63, 3.8) is 0 Å². The molecule has 1 atom stereocenters. The first-order chi connectivity index (χ1) is 10.1. The highest BCUT2D eigenvalue weighted by atomic mass is 32.2. The van der Waals surface area contributed by atoms with Gasteiger partial charge < -0.3 is 5.32 Å². The van der Waals surface area contributed by atoms with Gasteiger partial charge in [-0.05, 0) is 55.2 Å². The summed E-state index contributed by atoms with van der Waals surface area (Å²) < 4.78 is 0. The average Bonchev–Trinajstić information content (AvgIpc) is 2.50. The molecule has 2 aromatic rings. The largest absolute Gasteiger partial charge is 0.345 e. The molecule has 0 radical (unpaired) electrons. The fraction of sp³-hybridized carbons (Fsp3) is 0.278. The molecule has 0 spiro atoms. The molecule has 0 bridgehead atoms. The van der Waals surface area contributed by atoms with Gasteiger partial charge in [0.2, 0.25) is 0 Å². The summed E-state index contributed by atoms with van der Waals surface area (Å²) in [5.74, 6) is 1.07. The maximum atomic E-state index is 12.5. The fourth-order valence-electron chi connectivity index (χ4n) is 2.62. The van der Waals surface area contributed by atoms with Crippen LogP contribution in [0.15, 0.2) is 47.4 Å². The van der Waals surface area contributed by atoms with Crippen LogP contribution in [0.1, 0.15) is 39.5 Å². The zero-order valence-corrected chi connectivity index (χ0v) is 13.2. The third-order valence-electron chi connectivity index (χ3n) is 4.03. The van der Waals surface area contributed by atoms with Crippen LogP contribution in [-0.2, 0) is 0 Å². The minimum absolute atomic E-state index is 0.0183. The third kappa shape index (κ3) is 2.98. The normalized spacial score (nSPS) is 17.1. The maximum Gasteiger partial charge on any atom is 0.251 e. The monoisotopic (exact) mass is 297 g/mol. The second kappa shape index (κ2) is 5.94. The van der Waals surface area contributed by atoms with Gasteiger partial charge in [-0.2, -0.15) is 0 Å². The molecule has 3 heteroatoms. The lowest BCUT2D eigenvalue weighted by atomic mass is 10.0. The number of thioether (sulfide) groups is 1. The minimum Gasteiger partial charge on any atom is -0.345 e. The van der Waals surface area contributed by atoms with Crippen LogP contribution in [0.3, 0.4) is 0 Å². The SMILES string of the molecule is Cc1ccc(C(=O)NC2CCSc3ccccc32)cc1C. The number of carbonyl (C=O) groups excluding carboxylic acids is 1. The van der Waals surface area contributed by atoms with Crippen LogP contribution < -0.4 is 5.32 Å². The molecule has 2 nitrogen and oxygen atoms in total. The number of aryl methyl sites for hydroxylation is 2. The minimum atomic E-state index is 0.0183. The van der Waals surface area contributed by atoms with Crippen molar-refractivity contribution in [1.29, 1.82) is 0 Å². The number of hydrogen-bond donors (Lipinski definition) is 1. The van der Waals surface area contributed by atoms with Gasteiger partial charge in [-0.15, -0.1) is 11.8 Å². The Morgan fingerprint density at radius 3 is 2.76 bits per heavy atom. The zero-order chi connectivity index (χ0) is 14.8. The van der Waals surface area contributed by atoms with Gasteiger partial charge in [0.25, 0.3) is 5.91 Å². The summed E-state index contributed by atoms with van der Waals surface area (Å²) in [5.41, 5.74) is 4.35. The van der Waals surface area contributed by atoms with E-state index in [0.717, 1.165) is 23.3 Å². The van der Waals surface area contributed by atoms with E-state index >= 15 is 0 Å². The molecule has 108 valence electrons. The summed E-state index contributed by atoms with van der Waals surface area (Å²) in [7, 11) is 0. The summed E-state index contributed by atoms with van der Waals surface area (Å²) in [4.78, 5) is 13.8. The quantitative estimate of drug-likeness (QED) is 0.897. The van der Waals surface area contributed by atoms with Crippen molar-refractivity contribution >= 4 is 17.7 Å². The van der Waals surface area contributed by atoms with E-state index in [4.69, 9.17) is 0 Å². The lowest BCUT2D eigenvalue weighted by Gasteiger charge is -2.26. The van der Waals surface area contributed by atoms with Crippen LogP contribution in [0.2, 0.25) is 0 Å². The number of nitrogens with one attached hydrogen (secondary N) is 1. The predicted octanol–water partition coefficient (Wildman–Crippen LogP) is 4.27. The molecule has 3 rings (SSSR count). The van der Waals surface area contributed by atoms with Gasteiger partial charge in [-0.1, -0.05) is 24.3 Å². The van der Waals surface area contributed by atoms with Crippen LogP contribution in [0.25, 0.3) is 0 Å². The van der Waals surface area contributed by atoms with Crippen LogP contribution >= 0.6 is 11.8 Å². The molecular weight excluding hydrogens is 278 g/mol. The Bertz CT molecular complexity index is 681. The summed E-state index contributed by atoms with van der Waals surface area (Å²) in [5, 5.41) is 3.19. The van der Waals surface area contributed by atoms with Gasteiger partial charge in [0.05, 0.1) is 6.04 Å². The second-order valence-corrected chi connectivity index (χ2v) is 6.64.